The molecule has 1 heterocycles. The summed E-state index contributed by atoms with van der Waals surface area (Å²) < 4.78 is 16.2. The van der Waals surface area contributed by atoms with Crippen LogP contribution in [0, 0.1) is 17.7 Å². The highest BCUT2D eigenvalue weighted by atomic mass is 35.5. The minimum Gasteiger partial charge on any atom is -0.481 e. The van der Waals surface area contributed by atoms with Crippen LogP contribution in [0.3, 0.4) is 0 Å². The van der Waals surface area contributed by atoms with Gasteiger partial charge in [0.25, 0.3) is 5.91 Å². The van der Waals surface area contributed by atoms with Crippen LogP contribution in [0.4, 0.5) is 4.39 Å². The van der Waals surface area contributed by atoms with Crippen molar-refractivity contribution in [2.75, 3.05) is 0 Å². The monoisotopic (exact) mass is 456 g/mol. The summed E-state index contributed by atoms with van der Waals surface area (Å²) in [5, 5.41) is 13.5. The summed E-state index contributed by atoms with van der Waals surface area (Å²) in [6.45, 7) is 2.47. The molecule has 0 bridgehead atoms. The van der Waals surface area contributed by atoms with Crippen LogP contribution in [0.25, 0.3) is 10.9 Å². The summed E-state index contributed by atoms with van der Waals surface area (Å²) in [7, 11) is 0. The molecule has 0 radical (unpaired) electrons. The standard InChI is InChI=1S/C25H26ClFN2O3/c1-15(17-4-6-18(7-5-17)25(31)32)28-24(30)22-13-21(27)12-19-10-11-29(23(19)22)14-16-2-8-20(26)9-3-16/h2-3,8-13,15,17-18H,4-7,14H2,1H3,(H,28,30)(H,31,32)/t15?,17-,18-. The maximum Gasteiger partial charge on any atom is 0.306 e. The molecule has 2 aromatic carbocycles. The SMILES string of the molecule is CC(NC(=O)c1cc(F)cc2ccn(Cc3ccc(Cl)cc3)c12)[C@H]1CC[C@H](C(=O)O)CC1. The zero-order valence-electron chi connectivity index (χ0n) is 17.9. The Labute approximate surface area is 191 Å². The predicted octanol–water partition coefficient (Wildman–Crippen LogP) is 5.49. The molecule has 1 fully saturated rings. The van der Waals surface area contributed by atoms with Gasteiger partial charge in [0.1, 0.15) is 5.82 Å². The van der Waals surface area contributed by atoms with Crippen LogP contribution in [0.1, 0.15) is 48.5 Å². The third-order valence-electron chi connectivity index (χ3n) is 6.52. The first-order valence-electron chi connectivity index (χ1n) is 10.9. The number of carbonyl (C=O) groups excluding carboxylic acids is 1. The topological polar surface area (TPSA) is 71.3 Å². The Morgan fingerprint density at radius 3 is 2.50 bits per heavy atom. The number of halogens is 2. The van der Waals surface area contributed by atoms with Crippen LogP contribution in [-0.4, -0.2) is 27.6 Å². The summed E-state index contributed by atoms with van der Waals surface area (Å²) >= 11 is 5.98. The summed E-state index contributed by atoms with van der Waals surface area (Å²) in [4.78, 5) is 24.4. The lowest BCUT2D eigenvalue weighted by molar-refractivity contribution is -0.143. The van der Waals surface area contributed by atoms with E-state index in [4.69, 9.17) is 11.6 Å². The fraction of sp³-hybridized carbons (Fsp3) is 0.360. The van der Waals surface area contributed by atoms with Gasteiger partial charge in [-0.25, -0.2) is 4.39 Å². The molecule has 4 rings (SSSR count). The third-order valence-corrected chi connectivity index (χ3v) is 6.78. The summed E-state index contributed by atoms with van der Waals surface area (Å²) in [5.41, 5.74) is 2.00. The van der Waals surface area contributed by atoms with E-state index in [1.165, 1.54) is 12.1 Å². The lowest BCUT2D eigenvalue weighted by atomic mass is 9.79. The van der Waals surface area contributed by atoms with E-state index in [9.17, 15) is 19.1 Å². The Morgan fingerprint density at radius 1 is 1.16 bits per heavy atom. The number of carboxylic acid groups (broad SMARTS) is 1. The molecule has 0 aliphatic heterocycles. The molecule has 168 valence electrons. The Bertz CT molecular complexity index is 1130. The van der Waals surface area contributed by atoms with Gasteiger partial charge in [-0.2, -0.15) is 0 Å². The molecule has 32 heavy (non-hydrogen) atoms. The van der Waals surface area contributed by atoms with Gasteiger partial charge in [-0.1, -0.05) is 23.7 Å². The van der Waals surface area contributed by atoms with E-state index < -0.39 is 11.8 Å². The first-order chi connectivity index (χ1) is 15.3. The van der Waals surface area contributed by atoms with Crippen molar-refractivity contribution in [1.82, 2.24) is 9.88 Å². The van der Waals surface area contributed by atoms with Crippen LogP contribution >= 0.6 is 11.6 Å². The van der Waals surface area contributed by atoms with Crippen molar-refractivity contribution in [2.45, 2.75) is 45.2 Å². The van der Waals surface area contributed by atoms with Crippen molar-refractivity contribution in [1.29, 1.82) is 0 Å². The van der Waals surface area contributed by atoms with Crippen molar-refractivity contribution in [3.05, 3.63) is 70.6 Å². The normalized spacial score (nSPS) is 19.6. The number of hydrogen-bond acceptors (Lipinski definition) is 2. The van der Waals surface area contributed by atoms with Gasteiger partial charge in [0.05, 0.1) is 17.0 Å². The average Bonchev–Trinajstić information content (AvgIpc) is 3.17. The van der Waals surface area contributed by atoms with E-state index >= 15 is 0 Å². The second-order valence-corrected chi connectivity index (χ2v) is 9.11. The Balaban J connectivity index is 1.55. The number of nitrogens with one attached hydrogen (secondary N) is 1. The van der Waals surface area contributed by atoms with Gasteiger partial charge >= 0.3 is 5.97 Å². The molecule has 1 aromatic heterocycles. The van der Waals surface area contributed by atoms with Gasteiger partial charge in [-0.05, 0) is 74.4 Å². The van der Waals surface area contributed by atoms with Gasteiger partial charge < -0.3 is 15.0 Å². The van der Waals surface area contributed by atoms with Crippen LogP contribution < -0.4 is 5.32 Å². The van der Waals surface area contributed by atoms with Gasteiger partial charge in [-0.3, -0.25) is 9.59 Å². The second-order valence-electron chi connectivity index (χ2n) is 8.67. The lowest BCUT2D eigenvalue weighted by Gasteiger charge is -2.31. The molecule has 1 aliphatic carbocycles. The first-order valence-corrected chi connectivity index (χ1v) is 11.3. The molecule has 1 unspecified atom stereocenters. The molecule has 0 saturated heterocycles. The van der Waals surface area contributed by atoms with Gasteiger partial charge in [0.2, 0.25) is 0 Å². The Hall–Kier alpha value is -2.86. The number of hydrogen-bond donors (Lipinski definition) is 2. The van der Waals surface area contributed by atoms with Crippen LogP contribution in [-0.2, 0) is 11.3 Å². The van der Waals surface area contributed by atoms with Crippen molar-refractivity contribution in [2.24, 2.45) is 11.8 Å². The highest BCUT2D eigenvalue weighted by Crippen LogP contribution is 2.31. The minimum absolute atomic E-state index is 0.129. The molecule has 3 aromatic rings. The minimum atomic E-state index is -0.747. The molecule has 1 saturated carbocycles. The summed E-state index contributed by atoms with van der Waals surface area (Å²) in [6.07, 6.45) is 4.60. The molecule has 1 atom stereocenters. The average molecular weight is 457 g/mol. The number of benzene rings is 2. The lowest BCUT2D eigenvalue weighted by Crippen LogP contribution is -2.40. The van der Waals surface area contributed by atoms with E-state index in [1.54, 1.807) is 0 Å². The highest BCUT2D eigenvalue weighted by Gasteiger charge is 2.30. The number of carbonyl (C=O) groups is 2. The number of rotatable bonds is 6. The largest absolute Gasteiger partial charge is 0.481 e. The van der Waals surface area contributed by atoms with Crippen LogP contribution in [0.5, 0.6) is 0 Å². The molecular weight excluding hydrogens is 431 g/mol. The first kappa shape index (κ1) is 22.3. The number of carboxylic acids is 1. The zero-order valence-corrected chi connectivity index (χ0v) is 18.6. The second kappa shape index (κ2) is 9.33. The van der Waals surface area contributed by atoms with E-state index in [0.717, 1.165) is 18.4 Å². The van der Waals surface area contributed by atoms with Gasteiger partial charge in [0, 0.05) is 29.2 Å². The Morgan fingerprint density at radius 2 is 1.84 bits per heavy atom. The third kappa shape index (κ3) is 4.80. The van der Waals surface area contributed by atoms with E-state index in [2.05, 4.69) is 5.32 Å². The fourth-order valence-corrected chi connectivity index (χ4v) is 4.80. The van der Waals surface area contributed by atoms with Crippen molar-refractivity contribution in [3.63, 3.8) is 0 Å². The quantitative estimate of drug-likeness (QED) is 0.515. The maximum absolute atomic E-state index is 14.3. The molecule has 0 spiro atoms. The van der Waals surface area contributed by atoms with E-state index in [1.807, 2.05) is 48.0 Å². The Kier molecular flexibility index (Phi) is 6.51. The van der Waals surface area contributed by atoms with Crippen molar-refractivity contribution in [3.8, 4) is 0 Å². The van der Waals surface area contributed by atoms with E-state index in [0.29, 0.717) is 40.9 Å². The van der Waals surface area contributed by atoms with Crippen LogP contribution in [0.2, 0.25) is 5.02 Å². The number of fused-ring (bicyclic) bond motifs is 1. The fourth-order valence-electron chi connectivity index (χ4n) is 4.67. The number of nitrogens with zero attached hydrogens (tertiary/aromatic N) is 1. The highest BCUT2D eigenvalue weighted by molar-refractivity contribution is 6.30. The molecule has 7 heteroatoms. The van der Waals surface area contributed by atoms with Crippen molar-refractivity contribution < 1.29 is 19.1 Å². The van der Waals surface area contributed by atoms with E-state index in [-0.39, 0.29) is 23.8 Å². The zero-order chi connectivity index (χ0) is 22.8. The number of aliphatic carboxylic acids is 1. The summed E-state index contributed by atoms with van der Waals surface area (Å²) in [5.74, 6) is -1.61. The smallest absolute Gasteiger partial charge is 0.306 e. The van der Waals surface area contributed by atoms with Crippen molar-refractivity contribution >= 4 is 34.4 Å². The maximum atomic E-state index is 14.3. The predicted molar refractivity (Wildman–Crippen MR) is 122 cm³/mol. The number of aromatic nitrogens is 1. The molecular formula is C25H26ClFN2O3. The number of amides is 1. The van der Waals surface area contributed by atoms with Crippen LogP contribution in [0.15, 0.2) is 48.7 Å². The molecule has 1 aliphatic rings. The molecule has 2 N–H and O–H groups in total. The summed E-state index contributed by atoms with van der Waals surface area (Å²) in [6, 6.07) is 11.9. The molecule has 1 amide bonds. The molecule has 5 nitrogen and oxygen atoms in total. The van der Waals surface area contributed by atoms with Gasteiger partial charge in [-0.15, -0.1) is 0 Å². The van der Waals surface area contributed by atoms with Gasteiger partial charge in [0.15, 0.2) is 0 Å².